The van der Waals surface area contributed by atoms with Crippen LogP contribution in [-0.2, 0) is 4.74 Å². The highest BCUT2D eigenvalue weighted by atomic mass is 19.4. The lowest BCUT2D eigenvalue weighted by atomic mass is 10.2. The van der Waals surface area contributed by atoms with Crippen molar-refractivity contribution in [2.24, 2.45) is 0 Å². The molecule has 96 valence electrons. The Morgan fingerprint density at radius 3 is 2.50 bits per heavy atom. The third-order valence-electron chi connectivity index (χ3n) is 2.59. The molecule has 1 rings (SSSR count). The van der Waals surface area contributed by atoms with E-state index < -0.39 is 12.7 Å². The van der Waals surface area contributed by atoms with Gasteiger partial charge >= 0.3 is 6.18 Å². The maximum absolute atomic E-state index is 12.1. The number of halogens is 3. The molecule has 1 aliphatic heterocycles. The molecule has 0 amide bonds. The summed E-state index contributed by atoms with van der Waals surface area (Å²) in [6, 6.07) is 0. The van der Waals surface area contributed by atoms with Crippen molar-refractivity contribution in [2.45, 2.75) is 31.2 Å². The minimum Gasteiger partial charge on any atom is -0.372 e. The van der Waals surface area contributed by atoms with Crippen molar-refractivity contribution >= 4 is 0 Å². The molecule has 6 heteroatoms. The summed E-state index contributed by atoms with van der Waals surface area (Å²) in [5.74, 6) is 0. The summed E-state index contributed by atoms with van der Waals surface area (Å²) >= 11 is 0. The number of alkyl halides is 3. The molecule has 0 spiro atoms. The van der Waals surface area contributed by atoms with Gasteiger partial charge in [0.2, 0.25) is 0 Å². The molecule has 0 aromatic rings. The number of nitrogens with zero attached hydrogens (tertiary/aromatic N) is 1. The van der Waals surface area contributed by atoms with Gasteiger partial charge in [0.25, 0.3) is 0 Å². The zero-order chi connectivity index (χ0) is 12.2. The van der Waals surface area contributed by atoms with E-state index in [9.17, 15) is 13.2 Å². The topological polar surface area (TPSA) is 24.5 Å². The van der Waals surface area contributed by atoms with Crippen molar-refractivity contribution < 1.29 is 17.9 Å². The Labute approximate surface area is 93.9 Å². The van der Waals surface area contributed by atoms with Gasteiger partial charge in [-0.15, -0.1) is 0 Å². The van der Waals surface area contributed by atoms with Crippen molar-refractivity contribution in [3.8, 4) is 0 Å². The van der Waals surface area contributed by atoms with Gasteiger partial charge in [0.15, 0.2) is 0 Å². The van der Waals surface area contributed by atoms with Crippen molar-refractivity contribution in [3.63, 3.8) is 0 Å². The Bertz CT molecular complexity index is 211. The second kappa shape index (κ2) is 5.84. The molecule has 0 bridgehead atoms. The van der Waals surface area contributed by atoms with Crippen LogP contribution in [-0.4, -0.2) is 57.0 Å². The first kappa shape index (κ1) is 13.7. The lowest BCUT2D eigenvalue weighted by Gasteiger charge is -2.22. The van der Waals surface area contributed by atoms with E-state index in [1.54, 1.807) is 0 Å². The maximum atomic E-state index is 12.1. The third kappa shape index (κ3) is 5.14. The average molecular weight is 240 g/mol. The van der Waals surface area contributed by atoms with Crippen LogP contribution >= 0.6 is 0 Å². The minimum absolute atomic E-state index is 0.0642. The number of rotatable bonds is 5. The van der Waals surface area contributed by atoms with E-state index in [4.69, 9.17) is 4.74 Å². The van der Waals surface area contributed by atoms with E-state index >= 15 is 0 Å². The fourth-order valence-electron chi connectivity index (χ4n) is 2.01. The molecular formula is C10H19F3N2O. The summed E-state index contributed by atoms with van der Waals surface area (Å²) in [6.07, 6.45) is -2.28. The number of likely N-dealkylation sites (N-methyl/N-ethyl adjacent to an activating group) is 2. The summed E-state index contributed by atoms with van der Waals surface area (Å²) < 4.78 is 41.9. The highest BCUT2D eigenvalue weighted by Gasteiger charge is 2.32. The zero-order valence-electron chi connectivity index (χ0n) is 9.68. The number of hydrogen-bond acceptors (Lipinski definition) is 3. The summed E-state index contributed by atoms with van der Waals surface area (Å²) in [4.78, 5) is 1.27. The lowest BCUT2D eigenvalue weighted by molar-refractivity contribution is -0.146. The van der Waals surface area contributed by atoms with Crippen LogP contribution in [0.25, 0.3) is 0 Å². The first-order valence-electron chi connectivity index (χ1n) is 5.46. The molecule has 2 atom stereocenters. The Hall–Kier alpha value is -0.330. The van der Waals surface area contributed by atoms with Gasteiger partial charge < -0.3 is 10.1 Å². The normalized spacial score (nSPS) is 26.6. The number of hydrogen-bond donors (Lipinski definition) is 1. The largest absolute Gasteiger partial charge is 0.401 e. The maximum Gasteiger partial charge on any atom is 0.401 e. The van der Waals surface area contributed by atoms with Crippen molar-refractivity contribution in [3.05, 3.63) is 0 Å². The van der Waals surface area contributed by atoms with Gasteiger partial charge in [-0.25, -0.2) is 0 Å². The van der Waals surface area contributed by atoms with Crippen LogP contribution in [0.15, 0.2) is 0 Å². The van der Waals surface area contributed by atoms with Gasteiger partial charge in [0.1, 0.15) is 0 Å². The van der Waals surface area contributed by atoms with Gasteiger partial charge in [0, 0.05) is 13.1 Å². The Balaban J connectivity index is 2.23. The summed E-state index contributed by atoms with van der Waals surface area (Å²) in [6.45, 7) is 0.239. The first-order chi connectivity index (χ1) is 7.40. The van der Waals surface area contributed by atoms with Crippen LogP contribution in [0.4, 0.5) is 13.2 Å². The van der Waals surface area contributed by atoms with Crippen LogP contribution in [0.2, 0.25) is 0 Å². The van der Waals surface area contributed by atoms with Crippen molar-refractivity contribution in [1.82, 2.24) is 10.2 Å². The lowest BCUT2D eigenvalue weighted by Crippen LogP contribution is -2.37. The van der Waals surface area contributed by atoms with E-state index in [1.165, 1.54) is 11.9 Å². The fraction of sp³-hybridized carbons (Fsp3) is 1.00. The fourth-order valence-corrected chi connectivity index (χ4v) is 2.01. The number of nitrogens with one attached hydrogen (secondary N) is 1. The molecule has 0 aliphatic carbocycles. The van der Waals surface area contributed by atoms with Crippen LogP contribution in [0.3, 0.4) is 0 Å². The molecule has 1 saturated heterocycles. The smallest absolute Gasteiger partial charge is 0.372 e. The summed E-state index contributed by atoms with van der Waals surface area (Å²) in [7, 11) is 3.31. The third-order valence-corrected chi connectivity index (χ3v) is 2.59. The molecule has 0 aromatic heterocycles. The predicted octanol–water partition coefficient (Wildman–Crippen LogP) is 1.25. The highest BCUT2D eigenvalue weighted by Crippen LogP contribution is 2.21. The Kier molecular flexibility index (Phi) is 5.01. The summed E-state index contributed by atoms with van der Waals surface area (Å²) in [5, 5.41) is 3.00. The molecule has 1 fully saturated rings. The Morgan fingerprint density at radius 1 is 1.31 bits per heavy atom. The van der Waals surface area contributed by atoms with Gasteiger partial charge in [-0.3, -0.25) is 4.90 Å². The molecule has 3 nitrogen and oxygen atoms in total. The molecule has 0 saturated carbocycles. The van der Waals surface area contributed by atoms with E-state index in [0.29, 0.717) is 6.54 Å². The van der Waals surface area contributed by atoms with E-state index in [-0.39, 0.29) is 12.2 Å². The minimum atomic E-state index is -4.13. The second-order valence-corrected chi connectivity index (χ2v) is 4.33. The highest BCUT2D eigenvalue weighted by molar-refractivity contribution is 4.77. The van der Waals surface area contributed by atoms with Crippen LogP contribution < -0.4 is 5.32 Å². The zero-order valence-corrected chi connectivity index (χ0v) is 9.68. The van der Waals surface area contributed by atoms with Gasteiger partial charge in [0.05, 0.1) is 18.8 Å². The monoisotopic (exact) mass is 240 g/mol. The van der Waals surface area contributed by atoms with E-state index in [0.717, 1.165) is 19.4 Å². The molecule has 1 N–H and O–H groups in total. The van der Waals surface area contributed by atoms with Gasteiger partial charge in [-0.05, 0) is 26.9 Å². The van der Waals surface area contributed by atoms with Crippen molar-refractivity contribution in [2.75, 3.05) is 33.7 Å². The average Bonchev–Trinajstić information content (AvgIpc) is 2.49. The Morgan fingerprint density at radius 2 is 1.94 bits per heavy atom. The molecule has 0 aromatic carbocycles. The molecule has 16 heavy (non-hydrogen) atoms. The van der Waals surface area contributed by atoms with Crippen LogP contribution in [0, 0.1) is 0 Å². The van der Waals surface area contributed by atoms with Gasteiger partial charge in [-0.1, -0.05) is 0 Å². The molecule has 0 radical (unpaired) electrons. The molecule has 2 unspecified atom stereocenters. The van der Waals surface area contributed by atoms with E-state index in [2.05, 4.69) is 5.32 Å². The van der Waals surface area contributed by atoms with Crippen LogP contribution in [0.5, 0.6) is 0 Å². The molecule has 1 aliphatic rings. The van der Waals surface area contributed by atoms with E-state index in [1.807, 2.05) is 7.05 Å². The molecular weight excluding hydrogens is 221 g/mol. The summed E-state index contributed by atoms with van der Waals surface area (Å²) in [5.41, 5.74) is 0. The van der Waals surface area contributed by atoms with Crippen LogP contribution in [0.1, 0.15) is 12.8 Å². The SMILES string of the molecule is CNCC1CCC(CN(C)CC(F)(F)F)O1. The quantitative estimate of drug-likeness (QED) is 0.782. The van der Waals surface area contributed by atoms with Crippen molar-refractivity contribution in [1.29, 1.82) is 0 Å². The second-order valence-electron chi connectivity index (χ2n) is 4.33. The predicted molar refractivity (Wildman–Crippen MR) is 55.4 cm³/mol. The number of ether oxygens (including phenoxy) is 1. The standard InChI is InChI=1S/C10H19F3N2O/c1-14-5-8-3-4-9(16-8)6-15(2)7-10(11,12)13/h8-9,14H,3-7H2,1-2H3. The molecule has 1 heterocycles. The first-order valence-corrected chi connectivity index (χ1v) is 5.46. The van der Waals surface area contributed by atoms with Gasteiger partial charge in [-0.2, -0.15) is 13.2 Å².